The molecule has 4 aromatic carbocycles. The highest BCUT2D eigenvalue weighted by atomic mass is 32.2. The molecule has 0 atom stereocenters. The highest BCUT2D eigenvalue weighted by molar-refractivity contribution is 8.00. The maximum atomic E-state index is 13.0. The standard InChI is InChI=1S/C46H40N6O6S2/c1-55-33-13-5-29(6-14-33)37-23-41(31-9-17-35(57-3)18-10-31)51-45(39(37)25-47)59-27-43(53)49-21-22-50-44(54)28-60-46-40(26-48)38(30-7-15-34(56-2)16-8-30)24-42(52-46)32-11-19-36(58-4)20-12-32/h5-20,23-24H,21-22,27-28H2,1-4H3,(H,49,53)(H,50,54). The molecule has 2 heterocycles. The monoisotopic (exact) mass is 836 g/mol. The normalized spacial score (nSPS) is 10.5. The average molecular weight is 837 g/mol. The lowest BCUT2D eigenvalue weighted by Crippen LogP contribution is -2.36. The van der Waals surface area contributed by atoms with Gasteiger partial charge in [-0.1, -0.05) is 47.8 Å². The van der Waals surface area contributed by atoms with Gasteiger partial charge in [-0.2, -0.15) is 10.5 Å². The number of aromatic nitrogens is 2. The molecule has 0 spiro atoms. The van der Waals surface area contributed by atoms with E-state index in [9.17, 15) is 20.1 Å². The van der Waals surface area contributed by atoms with Gasteiger partial charge in [-0.05, 0) is 96.1 Å². The summed E-state index contributed by atoms with van der Waals surface area (Å²) in [7, 11) is 6.37. The van der Waals surface area contributed by atoms with Crippen molar-refractivity contribution >= 4 is 35.3 Å². The SMILES string of the molecule is COc1ccc(-c2cc(-c3ccc(OC)cc3)c(C#N)c(SCC(=O)NCCNC(=O)CSc3nc(-c4ccc(OC)cc4)cc(-c4ccc(OC)cc4)c3C#N)n2)cc1. The van der Waals surface area contributed by atoms with E-state index in [0.717, 1.165) is 45.8 Å². The summed E-state index contributed by atoms with van der Waals surface area (Å²) in [5.74, 6) is 2.16. The third-order valence-corrected chi connectivity index (χ3v) is 11.2. The lowest BCUT2D eigenvalue weighted by molar-refractivity contribution is -0.120. The van der Waals surface area contributed by atoms with E-state index >= 15 is 0 Å². The minimum atomic E-state index is -0.292. The highest BCUT2D eigenvalue weighted by Gasteiger charge is 2.19. The molecule has 0 unspecified atom stereocenters. The number of ether oxygens (including phenoxy) is 4. The first-order valence-corrected chi connectivity index (χ1v) is 20.5. The van der Waals surface area contributed by atoms with Crippen LogP contribution in [0.25, 0.3) is 44.8 Å². The van der Waals surface area contributed by atoms with Gasteiger partial charge in [0.15, 0.2) is 0 Å². The molecule has 14 heteroatoms. The molecule has 12 nitrogen and oxygen atoms in total. The first kappa shape index (κ1) is 42.6. The van der Waals surface area contributed by atoms with Crippen molar-refractivity contribution in [3.8, 4) is 79.9 Å². The molecule has 2 amide bonds. The Morgan fingerprint density at radius 3 is 1.10 bits per heavy atom. The Morgan fingerprint density at radius 2 is 0.817 bits per heavy atom. The number of hydrogen-bond acceptors (Lipinski definition) is 12. The second-order valence-electron chi connectivity index (χ2n) is 12.9. The van der Waals surface area contributed by atoms with E-state index in [1.807, 2.05) is 109 Å². The van der Waals surface area contributed by atoms with Gasteiger partial charge in [0, 0.05) is 35.3 Å². The molecule has 0 radical (unpaired) electrons. The highest BCUT2D eigenvalue weighted by Crippen LogP contribution is 2.37. The molecule has 0 aliphatic rings. The number of nitriles is 2. The van der Waals surface area contributed by atoms with Gasteiger partial charge in [-0.25, -0.2) is 9.97 Å². The van der Waals surface area contributed by atoms with Crippen molar-refractivity contribution in [3.63, 3.8) is 0 Å². The van der Waals surface area contributed by atoms with Crippen LogP contribution >= 0.6 is 23.5 Å². The summed E-state index contributed by atoms with van der Waals surface area (Å²) in [6, 6.07) is 38.0. The lowest BCUT2D eigenvalue weighted by Gasteiger charge is -2.14. The number of carbonyl (C=O) groups is 2. The largest absolute Gasteiger partial charge is 0.497 e. The Hall–Kier alpha value is -7.00. The minimum absolute atomic E-state index is 0.0106. The number of pyridine rings is 2. The molecule has 0 aliphatic heterocycles. The molecule has 0 saturated carbocycles. The lowest BCUT2D eigenvalue weighted by atomic mass is 9.99. The summed E-state index contributed by atoms with van der Waals surface area (Å²) < 4.78 is 21.3. The second kappa shape index (κ2) is 20.6. The third-order valence-electron chi connectivity index (χ3n) is 9.22. The molecule has 6 rings (SSSR count). The zero-order valence-electron chi connectivity index (χ0n) is 33.3. The van der Waals surface area contributed by atoms with Crippen molar-refractivity contribution in [2.45, 2.75) is 10.1 Å². The first-order chi connectivity index (χ1) is 29.3. The molecule has 6 aromatic rings. The fourth-order valence-corrected chi connectivity index (χ4v) is 7.72. The third kappa shape index (κ3) is 10.5. The fourth-order valence-electron chi connectivity index (χ4n) is 6.06. The number of nitrogens with one attached hydrogen (secondary N) is 2. The fraction of sp³-hybridized carbons (Fsp3) is 0.174. The Kier molecular flexibility index (Phi) is 14.6. The zero-order chi connectivity index (χ0) is 42.4. The van der Waals surface area contributed by atoms with Crippen LogP contribution in [0.15, 0.2) is 119 Å². The van der Waals surface area contributed by atoms with Crippen LogP contribution in [0.2, 0.25) is 0 Å². The van der Waals surface area contributed by atoms with E-state index in [1.165, 1.54) is 0 Å². The second-order valence-corrected chi connectivity index (χ2v) is 14.8. The molecule has 60 heavy (non-hydrogen) atoms. The number of hydrogen-bond donors (Lipinski definition) is 2. The molecule has 0 fully saturated rings. The van der Waals surface area contributed by atoms with Crippen LogP contribution in [0.3, 0.4) is 0 Å². The van der Waals surface area contributed by atoms with Crippen molar-refractivity contribution in [3.05, 3.63) is 120 Å². The van der Waals surface area contributed by atoms with Gasteiger partial charge in [0.1, 0.15) is 45.2 Å². The van der Waals surface area contributed by atoms with Crippen molar-refractivity contribution in [1.29, 1.82) is 10.5 Å². The van der Waals surface area contributed by atoms with E-state index in [-0.39, 0.29) is 36.4 Å². The zero-order valence-corrected chi connectivity index (χ0v) is 34.9. The van der Waals surface area contributed by atoms with Gasteiger partial charge in [-0.15, -0.1) is 0 Å². The Bertz CT molecular complexity index is 2360. The van der Waals surface area contributed by atoms with Crippen molar-refractivity contribution in [2.75, 3.05) is 53.0 Å². The van der Waals surface area contributed by atoms with Gasteiger partial charge in [0.05, 0.1) is 62.5 Å². The summed E-state index contributed by atoms with van der Waals surface area (Å²) in [5, 5.41) is 27.0. The number of amides is 2. The summed E-state index contributed by atoms with van der Waals surface area (Å²) in [5.41, 5.74) is 6.53. The van der Waals surface area contributed by atoms with Gasteiger partial charge >= 0.3 is 0 Å². The van der Waals surface area contributed by atoms with E-state index in [2.05, 4.69) is 22.8 Å². The molecule has 2 aromatic heterocycles. The molecule has 0 saturated heterocycles. The summed E-state index contributed by atoms with van der Waals surface area (Å²) in [6.07, 6.45) is 0. The number of thioether (sulfide) groups is 2. The Morgan fingerprint density at radius 1 is 0.517 bits per heavy atom. The average Bonchev–Trinajstić information content (AvgIpc) is 3.30. The van der Waals surface area contributed by atoms with Crippen LogP contribution in [-0.4, -0.2) is 74.8 Å². The molecule has 0 aliphatic carbocycles. The topological polar surface area (TPSA) is 168 Å². The van der Waals surface area contributed by atoms with Crippen LogP contribution in [0.1, 0.15) is 11.1 Å². The van der Waals surface area contributed by atoms with E-state index in [0.29, 0.717) is 66.7 Å². The van der Waals surface area contributed by atoms with Gasteiger partial charge < -0.3 is 29.6 Å². The predicted octanol–water partition coefficient (Wildman–Crippen LogP) is 8.04. The van der Waals surface area contributed by atoms with Crippen LogP contribution in [-0.2, 0) is 9.59 Å². The van der Waals surface area contributed by atoms with Crippen LogP contribution in [0.4, 0.5) is 0 Å². The molecule has 2 N–H and O–H groups in total. The molecular weight excluding hydrogens is 797 g/mol. The quantitative estimate of drug-likeness (QED) is 0.0671. The minimum Gasteiger partial charge on any atom is -0.497 e. The Labute approximate surface area is 356 Å². The first-order valence-electron chi connectivity index (χ1n) is 18.5. The summed E-state index contributed by atoms with van der Waals surface area (Å²) >= 11 is 2.31. The van der Waals surface area contributed by atoms with Crippen LogP contribution in [0.5, 0.6) is 23.0 Å². The summed E-state index contributed by atoms with van der Waals surface area (Å²) in [4.78, 5) is 35.6. The van der Waals surface area contributed by atoms with Gasteiger partial charge in [-0.3, -0.25) is 9.59 Å². The molecule has 302 valence electrons. The predicted molar refractivity (Wildman–Crippen MR) is 233 cm³/mol. The van der Waals surface area contributed by atoms with Gasteiger partial charge in [0.2, 0.25) is 11.8 Å². The number of carbonyl (C=O) groups excluding carboxylic acids is 2. The van der Waals surface area contributed by atoms with E-state index in [4.69, 9.17) is 28.9 Å². The van der Waals surface area contributed by atoms with Crippen LogP contribution < -0.4 is 29.6 Å². The van der Waals surface area contributed by atoms with E-state index in [1.54, 1.807) is 28.4 Å². The molecular formula is C46H40N6O6S2. The van der Waals surface area contributed by atoms with Crippen molar-refractivity contribution in [1.82, 2.24) is 20.6 Å². The molecule has 0 bridgehead atoms. The maximum absolute atomic E-state index is 13.0. The van der Waals surface area contributed by atoms with Crippen molar-refractivity contribution < 1.29 is 28.5 Å². The number of benzene rings is 4. The Balaban J connectivity index is 1.09. The number of methoxy groups -OCH3 is 4. The van der Waals surface area contributed by atoms with Crippen molar-refractivity contribution in [2.24, 2.45) is 0 Å². The number of rotatable bonds is 17. The number of nitrogens with zero attached hydrogens (tertiary/aromatic N) is 4. The van der Waals surface area contributed by atoms with Gasteiger partial charge in [0.25, 0.3) is 0 Å². The maximum Gasteiger partial charge on any atom is 0.230 e. The smallest absolute Gasteiger partial charge is 0.230 e. The van der Waals surface area contributed by atoms with E-state index < -0.39 is 0 Å². The summed E-state index contributed by atoms with van der Waals surface area (Å²) in [6.45, 7) is 0.348. The van der Waals surface area contributed by atoms with Crippen LogP contribution in [0, 0.1) is 22.7 Å².